The van der Waals surface area contributed by atoms with E-state index in [9.17, 15) is 4.79 Å². The maximum atomic E-state index is 12.9. The molecule has 0 aliphatic rings. The highest BCUT2D eigenvalue weighted by Crippen LogP contribution is 2.27. The summed E-state index contributed by atoms with van der Waals surface area (Å²) in [6.07, 6.45) is 1.66. The number of thioether (sulfide) groups is 1. The van der Waals surface area contributed by atoms with Crippen LogP contribution in [0.15, 0.2) is 53.9 Å². The Balaban J connectivity index is 1.74. The molecular formula is C19H22N4O2S. The number of benzene rings is 2. The van der Waals surface area contributed by atoms with Crippen molar-refractivity contribution in [3.8, 4) is 0 Å². The molecule has 0 bridgehead atoms. The zero-order valence-corrected chi connectivity index (χ0v) is 15.8. The van der Waals surface area contributed by atoms with Crippen molar-refractivity contribution in [1.82, 2.24) is 14.8 Å². The van der Waals surface area contributed by atoms with Crippen LogP contribution < -0.4 is 4.90 Å². The van der Waals surface area contributed by atoms with Gasteiger partial charge in [-0.2, -0.15) is 0 Å². The third-order valence-corrected chi connectivity index (χ3v) is 5.08. The van der Waals surface area contributed by atoms with E-state index in [2.05, 4.69) is 28.4 Å². The fourth-order valence-corrected chi connectivity index (χ4v) is 3.65. The number of carbonyl (C=O) groups excluding carboxylic acids is 1. The van der Waals surface area contributed by atoms with Crippen molar-refractivity contribution >= 4 is 34.1 Å². The van der Waals surface area contributed by atoms with Crippen molar-refractivity contribution in [3.05, 3.63) is 48.8 Å². The Morgan fingerprint density at radius 3 is 2.85 bits per heavy atom. The first-order valence-electron chi connectivity index (χ1n) is 8.52. The molecule has 0 saturated carbocycles. The number of rotatable bonds is 8. The molecule has 1 heterocycles. The number of anilines is 1. The molecule has 0 radical (unpaired) electrons. The zero-order chi connectivity index (χ0) is 18.4. The molecule has 1 aromatic heterocycles. The van der Waals surface area contributed by atoms with Gasteiger partial charge in [0.25, 0.3) is 0 Å². The van der Waals surface area contributed by atoms with E-state index < -0.39 is 0 Å². The van der Waals surface area contributed by atoms with E-state index in [1.54, 1.807) is 13.4 Å². The number of aromatic nitrogens is 3. The highest BCUT2D eigenvalue weighted by molar-refractivity contribution is 7.99. The minimum atomic E-state index is 0.0511. The van der Waals surface area contributed by atoms with Gasteiger partial charge in [0.1, 0.15) is 6.33 Å². The largest absolute Gasteiger partial charge is 0.383 e. The molecule has 26 heavy (non-hydrogen) atoms. The van der Waals surface area contributed by atoms with Crippen LogP contribution in [0.2, 0.25) is 0 Å². The molecule has 3 rings (SSSR count). The van der Waals surface area contributed by atoms with Crippen molar-refractivity contribution in [2.45, 2.75) is 18.6 Å². The van der Waals surface area contributed by atoms with Gasteiger partial charge < -0.3 is 14.2 Å². The average molecular weight is 370 g/mol. The first kappa shape index (κ1) is 18.4. The molecule has 1 amide bonds. The summed E-state index contributed by atoms with van der Waals surface area (Å²) >= 11 is 1.40. The van der Waals surface area contributed by atoms with E-state index in [-0.39, 0.29) is 5.91 Å². The van der Waals surface area contributed by atoms with Gasteiger partial charge in [0.2, 0.25) is 5.91 Å². The third kappa shape index (κ3) is 4.05. The summed E-state index contributed by atoms with van der Waals surface area (Å²) < 4.78 is 6.99. The molecule has 136 valence electrons. The van der Waals surface area contributed by atoms with Crippen LogP contribution in [0.4, 0.5) is 5.69 Å². The predicted octanol–water partition coefficient (Wildman–Crippen LogP) is 3.22. The van der Waals surface area contributed by atoms with Crippen LogP contribution in [0, 0.1) is 0 Å². The lowest BCUT2D eigenvalue weighted by Crippen LogP contribution is -2.32. The van der Waals surface area contributed by atoms with Gasteiger partial charge in [-0.05, 0) is 18.4 Å². The fourth-order valence-electron chi connectivity index (χ4n) is 2.83. The average Bonchev–Trinajstić information content (AvgIpc) is 3.13. The quantitative estimate of drug-likeness (QED) is 0.570. The van der Waals surface area contributed by atoms with Crippen LogP contribution in [-0.2, 0) is 16.1 Å². The summed E-state index contributed by atoms with van der Waals surface area (Å²) in [7, 11) is 1.66. The smallest absolute Gasteiger partial charge is 0.237 e. The maximum absolute atomic E-state index is 12.9. The SMILES string of the molecule is CCN(C(=O)CSc1nncn1CCOC)c1cccc2ccccc12. The normalized spacial score (nSPS) is 11.0. The minimum absolute atomic E-state index is 0.0511. The maximum Gasteiger partial charge on any atom is 0.237 e. The zero-order valence-electron chi connectivity index (χ0n) is 15.0. The standard InChI is InChI=1S/C19H22N4O2S/c1-3-23(17-10-6-8-15-7-4-5-9-16(15)17)18(24)13-26-19-21-20-14-22(19)11-12-25-2/h4-10,14H,3,11-13H2,1-2H3. The second kappa shape index (κ2) is 8.82. The van der Waals surface area contributed by atoms with Gasteiger partial charge in [-0.15, -0.1) is 10.2 Å². The number of nitrogens with zero attached hydrogens (tertiary/aromatic N) is 4. The molecule has 0 spiro atoms. The van der Waals surface area contributed by atoms with E-state index in [1.165, 1.54) is 11.8 Å². The molecule has 0 fully saturated rings. The molecule has 7 heteroatoms. The predicted molar refractivity (Wildman–Crippen MR) is 105 cm³/mol. The first-order valence-corrected chi connectivity index (χ1v) is 9.50. The summed E-state index contributed by atoms with van der Waals surface area (Å²) in [6, 6.07) is 14.2. The molecule has 0 saturated heterocycles. The lowest BCUT2D eigenvalue weighted by atomic mass is 10.1. The van der Waals surface area contributed by atoms with Crippen molar-refractivity contribution in [1.29, 1.82) is 0 Å². The number of methoxy groups -OCH3 is 1. The van der Waals surface area contributed by atoms with Gasteiger partial charge in [-0.25, -0.2) is 0 Å². The van der Waals surface area contributed by atoms with Gasteiger partial charge in [0, 0.05) is 25.6 Å². The topological polar surface area (TPSA) is 60.2 Å². The summed E-state index contributed by atoms with van der Waals surface area (Å²) in [5.74, 6) is 0.359. The number of ether oxygens (including phenoxy) is 1. The summed E-state index contributed by atoms with van der Waals surface area (Å²) in [6.45, 7) is 3.85. The number of hydrogen-bond donors (Lipinski definition) is 0. The number of fused-ring (bicyclic) bond motifs is 1. The summed E-state index contributed by atoms with van der Waals surface area (Å²) in [5, 5.41) is 11.0. The summed E-state index contributed by atoms with van der Waals surface area (Å²) in [4.78, 5) is 14.7. The van der Waals surface area contributed by atoms with Crippen molar-refractivity contribution < 1.29 is 9.53 Å². The lowest BCUT2D eigenvalue weighted by Gasteiger charge is -2.22. The number of carbonyl (C=O) groups is 1. The Hall–Kier alpha value is -2.38. The number of hydrogen-bond acceptors (Lipinski definition) is 5. The fraction of sp³-hybridized carbons (Fsp3) is 0.316. The van der Waals surface area contributed by atoms with Crippen LogP contribution in [-0.4, -0.2) is 46.7 Å². The van der Waals surface area contributed by atoms with Crippen LogP contribution in [0.5, 0.6) is 0 Å². The van der Waals surface area contributed by atoms with Crippen LogP contribution in [0.25, 0.3) is 10.8 Å². The Bertz CT molecular complexity index is 875. The third-order valence-electron chi connectivity index (χ3n) is 4.12. The Labute approximate surface area is 157 Å². The van der Waals surface area contributed by atoms with E-state index in [1.807, 2.05) is 40.7 Å². The Kier molecular flexibility index (Phi) is 6.25. The van der Waals surface area contributed by atoms with Crippen molar-refractivity contribution in [3.63, 3.8) is 0 Å². The van der Waals surface area contributed by atoms with Crippen molar-refractivity contribution in [2.24, 2.45) is 0 Å². The lowest BCUT2D eigenvalue weighted by molar-refractivity contribution is -0.116. The van der Waals surface area contributed by atoms with E-state index in [4.69, 9.17) is 4.74 Å². The van der Waals surface area contributed by atoms with Gasteiger partial charge >= 0.3 is 0 Å². The molecule has 0 unspecified atom stereocenters. The Morgan fingerprint density at radius 1 is 1.23 bits per heavy atom. The first-order chi connectivity index (χ1) is 12.7. The molecular weight excluding hydrogens is 348 g/mol. The number of amides is 1. The van der Waals surface area contributed by atoms with E-state index in [0.29, 0.717) is 25.4 Å². The molecule has 0 N–H and O–H groups in total. The molecule has 0 atom stereocenters. The molecule has 3 aromatic rings. The van der Waals surface area contributed by atoms with E-state index >= 15 is 0 Å². The van der Waals surface area contributed by atoms with Gasteiger partial charge in [-0.3, -0.25) is 4.79 Å². The van der Waals surface area contributed by atoms with Crippen LogP contribution >= 0.6 is 11.8 Å². The summed E-state index contributed by atoms with van der Waals surface area (Å²) in [5.41, 5.74) is 0.942. The molecule has 0 aliphatic carbocycles. The van der Waals surface area contributed by atoms with Crippen molar-refractivity contribution in [2.75, 3.05) is 30.9 Å². The molecule has 6 nitrogen and oxygen atoms in total. The minimum Gasteiger partial charge on any atom is -0.383 e. The highest BCUT2D eigenvalue weighted by Gasteiger charge is 2.17. The highest BCUT2D eigenvalue weighted by atomic mass is 32.2. The monoisotopic (exact) mass is 370 g/mol. The van der Waals surface area contributed by atoms with Crippen LogP contribution in [0.3, 0.4) is 0 Å². The van der Waals surface area contributed by atoms with Gasteiger partial charge in [0.05, 0.1) is 18.0 Å². The van der Waals surface area contributed by atoms with E-state index in [0.717, 1.165) is 21.6 Å². The second-order valence-corrected chi connectivity index (χ2v) is 6.67. The molecule has 0 aliphatic heterocycles. The van der Waals surface area contributed by atoms with Gasteiger partial charge in [-0.1, -0.05) is 48.2 Å². The van der Waals surface area contributed by atoms with Gasteiger partial charge in [0.15, 0.2) is 5.16 Å². The molecule has 2 aromatic carbocycles. The Morgan fingerprint density at radius 2 is 2.04 bits per heavy atom. The second-order valence-electron chi connectivity index (χ2n) is 5.72. The van der Waals surface area contributed by atoms with Crippen LogP contribution in [0.1, 0.15) is 6.92 Å².